The van der Waals surface area contributed by atoms with Crippen molar-refractivity contribution in [2.75, 3.05) is 0 Å². The molecule has 2 aliphatic rings. The van der Waals surface area contributed by atoms with Crippen LogP contribution >= 0.6 is 0 Å². The summed E-state index contributed by atoms with van der Waals surface area (Å²) in [4.78, 5) is 0. The van der Waals surface area contributed by atoms with E-state index in [9.17, 15) is 13.2 Å². The van der Waals surface area contributed by atoms with E-state index < -0.39 is 25.6 Å². The van der Waals surface area contributed by atoms with Gasteiger partial charge in [0.2, 0.25) is 0 Å². The molecule has 2 aliphatic carbocycles. The molecule has 0 saturated carbocycles. The second-order valence-corrected chi connectivity index (χ2v) is 9.92. The fraction of sp³-hybridized carbons (Fsp3) is 0.273. The Balaban J connectivity index is 0.00000128. The summed E-state index contributed by atoms with van der Waals surface area (Å²) >= 11 is -3.57. The van der Waals surface area contributed by atoms with Gasteiger partial charge >= 0.3 is 94.7 Å². The summed E-state index contributed by atoms with van der Waals surface area (Å²) < 4.78 is 36.3. The number of hydrogen-bond donors (Lipinski definition) is 0. The zero-order valence-corrected chi connectivity index (χ0v) is 12.7. The number of halogens is 5. The second-order valence-electron chi connectivity index (χ2n) is 3.52. The Labute approximate surface area is 119 Å². The van der Waals surface area contributed by atoms with E-state index in [1.807, 2.05) is 12.2 Å². The fourth-order valence-electron chi connectivity index (χ4n) is 1.84. The fourth-order valence-corrected chi connectivity index (χ4v) is 7.51. The van der Waals surface area contributed by atoms with Gasteiger partial charge in [-0.15, -0.1) is 0 Å². The second kappa shape index (κ2) is 6.96. The number of allylic oxidation sites excluding steroid dienone is 8. The van der Waals surface area contributed by atoms with Crippen LogP contribution in [0.15, 0.2) is 43.0 Å². The molecular weight excluding hydrogens is 351 g/mol. The number of hydrogen-bond acceptors (Lipinski definition) is 0. The molecule has 0 fully saturated rings. The van der Waals surface area contributed by atoms with E-state index in [4.69, 9.17) is 0 Å². The molecule has 2 rings (SSSR count). The maximum atomic E-state index is 13.0. The molecule has 0 spiro atoms. The third kappa shape index (κ3) is 4.11. The predicted molar refractivity (Wildman–Crippen MR) is 49.7 cm³/mol. The molecule has 0 aromatic heterocycles. The van der Waals surface area contributed by atoms with Gasteiger partial charge in [-0.2, -0.15) is 0 Å². The van der Waals surface area contributed by atoms with E-state index in [-0.39, 0.29) is 24.8 Å². The van der Waals surface area contributed by atoms with Crippen LogP contribution in [0.1, 0.15) is 12.8 Å². The molecule has 0 heterocycles. The summed E-state index contributed by atoms with van der Waals surface area (Å²) in [5.41, 5.74) is 0. The van der Waals surface area contributed by atoms with Crippen molar-refractivity contribution in [3.8, 4) is 0 Å². The molecule has 0 N–H and O–H groups in total. The van der Waals surface area contributed by atoms with Crippen molar-refractivity contribution in [1.29, 1.82) is 0 Å². The van der Waals surface area contributed by atoms with Gasteiger partial charge in [-0.3, -0.25) is 0 Å². The summed E-state index contributed by atoms with van der Waals surface area (Å²) in [7, 11) is 0. The van der Waals surface area contributed by atoms with Gasteiger partial charge in [-0.05, 0) is 0 Å². The molecule has 0 radical (unpaired) electrons. The van der Waals surface area contributed by atoms with Gasteiger partial charge in [0.15, 0.2) is 0 Å². The van der Waals surface area contributed by atoms with Crippen LogP contribution in [-0.4, -0.2) is 3.88 Å². The SMILES string of the molecule is F[C](F)(F)[Zr+2]([C]1=CC=CC1)[C]1=CC=CC1.[Cl-].[Cl-]. The van der Waals surface area contributed by atoms with Gasteiger partial charge in [-0.1, -0.05) is 0 Å². The molecule has 0 aromatic rings. The number of rotatable bonds is 2. The predicted octanol–water partition coefficient (Wildman–Crippen LogP) is -2.18. The molecule has 0 bridgehead atoms. The number of alkyl halides is 3. The van der Waals surface area contributed by atoms with Gasteiger partial charge in [0, 0.05) is 0 Å². The first-order valence-corrected chi connectivity index (χ1v) is 8.44. The maximum Gasteiger partial charge on any atom is -1.00 e. The monoisotopic (exact) mass is 359 g/mol. The van der Waals surface area contributed by atoms with Crippen LogP contribution in [0.4, 0.5) is 13.2 Å². The third-order valence-corrected chi connectivity index (χ3v) is 8.84. The minimum Gasteiger partial charge on any atom is -1.00 e. The Morgan fingerprint density at radius 3 is 1.53 bits per heavy atom. The van der Waals surface area contributed by atoms with E-state index in [1.165, 1.54) is 0 Å². The Bertz CT molecular complexity index is 351. The normalized spacial score (nSPS) is 17.1. The van der Waals surface area contributed by atoms with Crippen molar-refractivity contribution in [3.63, 3.8) is 0 Å². The zero-order valence-electron chi connectivity index (χ0n) is 8.77. The van der Waals surface area contributed by atoms with Crippen LogP contribution in [0.3, 0.4) is 0 Å². The summed E-state index contributed by atoms with van der Waals surface area (Å²) in [5.74, 6) is 0. The molecular formula is C11H10Cl2F3Zr. The average molecular weight is 361 g/mol. The summed E-state index contributed by atoms with van der Waals surface area (Å²) in [6, 6.07) is 0. The molecule has 93 valence electrons. The zero-order chi connectivity index (χ0) is 10.9. The summed E-state index contributed by atoms with van der Waals surface area (Å²) in [5, 5.41) is 0. The molecule has 0 atom stereocenters. The molecule has 0 saturated heterocycles. The molecule has 17 heavy (non-hydrogen) atoms. The Morgan fingerprint density at radius 1 is 0.882 bits per heavy atom. The van der Waals surface area contributed by atoms with Crippen molar-refractivity contribution in [2.24, 2.45) is 0 Å². The minimum absolute atomic E-state index is 0. The van der Waals surface area contributed by atoms with Crippen LogP contribution in [0.2, 0.25) is 0 Å². The van der Waals surface area contributed by atoms with Gasteiger partial charge in [0.1, 0.15) is 0 Å². The van der Waals surface area contributed by atoms with Crippen molar-refractivity contribution in [3.05, 3.63) is 43.0 Å². The average Bonchev–Trinajstić information content (AvgIpc) is 2.73. The minimum atomic E-state index is -3.97. The molecule has 6 heteroatoms. The maximum absolute atomic E-state index is 13.0. The molecule has 0 unspecified atom stereocenters. The first kappa shape index (κ1) is 17.2. The summed E-state index contributed by atoms with van der Waals surface area (Å²) in [6.45, 7) is 0. The van der Waals surface area contributed by atoms with Gasteiger partial charge < -0.3 is 24.8 Å². The molecule has 0 aliphatic heterocycles. The van der Waals surface area contributed by atoms with E-state index in [0.717, 1.165) is 0 Å². The van der Waals surface area contributed by atoms with Crippen LogP contribution < -0.4 is 24.8 Å². The smallest absolute Gasteiger partial charge is 1.00 e. The first-order chi connectivity index (χ1) is 7.09. The summed E-state index contributed by atoms with van der Waals surface area (Å²) in [6.07, 6.45) is 11.4. The standard InChI is InChI=1S/2C5H5.CF3.2ClH.Zr/c2*1-2-4-5-3-1;2-1(3)4;;;/h2*1-3H,4H2;;2*1H;/q;;;;;+2/p-2. The van der Waals surface area contributed by atoms with Crippen molar-refractivity contribution < 1.29 is 59.7 Å². The van der Waals surface area contributed by atoms with Crippen molar-refractivity contribution >= 4 is 0 Å². The molecule has 0 amide bonds. The first-order valence-electron chi connectivity index (χ1n) is 4.75. The van der Waals surface area contributed by atoms with Gasteiger partial charge in [-0.25, -0.2) is 0 Å². The van der Waals surface area contributed by atoms with Crippen LogP contribution in [0, 0.1) is 0 Å². The van der Waals surface area contributed by atoms with Crippen LogP contribution in [0.25, 0.3) is 0 Å². The molecule has 0 nitrogen and oxygen atoms in total. The van der Waals surface area contributed by atoms with Crippen LogP contribution in [-0.2, 0) is 21.8 Å². The van der Waals surface area contributed by atoms with Gasteiger partial charge in [0.25, 0.3) is 0 Å². The van der Waals surface area contributed by atoms with Gasteiger partial charge in [0.05, 0.1) is 0 Å². The Hall–Kier alpha value is 0.213. The van der Waals surface area contributed by atoms with E-state index in [2.05, 4.69) is 0 Å². The Kier molecular flexibility index (Phi) is 7.05. The van der Waals surface area contributed by atoms with Crippen LogP contribution in [0.5, 0.6) is 0 Å². The van der Waals surface area contributed by atoms with E-state index >= 15 is 0 Å². The topological polar surface area (TPSA) is 0 Å². The third-order valence-electron chi connectivity index (χ3n) is 2.47. The Morgan fingerprint density at radius 2 is 1.29 bits per heavy atom. The van der Waals surface area contributed by atoms with E-state index in [1.54, 1.807) is 24.3 Å². The quantitative estimate of drug-likeness (QED) is 0.525. The van der Waals surface area contributed by atoms with Crippen molar-refractivity contribution in [2.45, 2.75) is 16.7 Å². The van der Waals surface area contributed by atoms with E-state index in [0.29, 0.717) is 19.4 Å². The molecule has 0 aromatic carbocycles. The largest absolute Gasteiger partial charge is 1.00 e. The van der Waals surface area contributed by atoms with Crippen molar-refractivity contribution in [1.82, 2.24) is 0 Å².